The first-order valence-corrected chi connectivity index (χ1v) is 7.90. The van der Waals surface area contributed by atoms with E-state index in [2.05, 4.69) is 5.16 Å². The molecule has 0 N–H and O–H groups in total. The lowest BCUT2D eigenvalue weighted by molar-refractivity contribution is -0.0584. The maximum atomic E-state index is 12.6. The predicted octanol–water partition coefficient (Wildman–Crippen LogP) is 2.72. The zero-order chi connectivity index (χ0) is 19.0. The summed E-state index contributed by atoms with van der Waals surface area (Å²) in [5.74, 6) is -1.80. The Bertz CT molecular complexity index is 1040. The Balaban J connectivity index is 1.64. The zero-order valence-corrected chi connectivity index (χ0v) is 14.0. The molecule has 2 heterocycles. The van der Waals surface area contributed by atoms with E-state index in [9.17, 15) is 14.4 Å². The van der Waals surface area contributed by atoms with Crippen LogP contribution < -0.4 is 4.74 Å². The second kappa shape index (κ2) is 6.41. The average Bonchev–Trinajstić information content (AvgIpc) is 3.28. The zero-order valence-electron chi connectivity index (χ0n) is 14.0. The number of fused-ring (bicyclic) bond motifs is 1. The van der Waals surface area contributed by atoms with Crippen molar-refractivity contribution in [3.8, 4) is 17.1 Å². The highest BCUT2D eigenvalue weighted by Crippen LogP contribution is 2.33. The molecular formula is C19H12N2O6. The molecule has 0 fully saturated rings. The summed E-state index contributed by atoms with van der Waals surface area (Å²) in [6.07, 6.45) is 1.16. The van der Waals surface area contributed by atoms with Crippen molar-refractivity contribution in [1.29, 1.82) is 0 Å². The summed E-state index contributed by atoms with van der Waals surface area (Å²) in [5.41, 5.74) is 0.777. The van der Waals surface area contributed by atoms with Crippen LogP contribution in [0.4, 0.5) is 0 Å². The number of hydrogen-bond acceptors (Lipinski definition) is 7. The number of aromatic nitrogens is 1. The molecule has 134 valence electrons. The van der Waals surface area contributed by atoms with Gasteiger partial charge in [0.1, 0.15) is 11.3 Å². The van der Waals surface area contributed by atoms with Crippen LogP contribution in [-0.4, -0.2) is 35.1 Å². The molecule has 0 unspecified atom stereocenters. The van der Waals surface area contributed by atoms with E-state index in [1.807, 2.05) is 0 Å². The molecule has 0 bridgehead atoms. The van der Waals surface area contributed by atoms with Gasteiger partial charge in [0.05, 0.1) is 30.0 Å². The predicted molar refractivity (Wildman–Crippen MR) is 90.8 cm³/mol. The van der Waals surface area contributed by atoms with Crippen molar-refractivity contribution < 1.29 is 28.5 Å². The number of carbonyl (C=O) groups is 3. The number of hydrogen-bond donors (Lipinski definition) is 0. The van der Waals surface area contributed by atoms with Gasteiger partial charge < -0.3 is 14.1 Å². The number of imide groups is 1. The van der Waals surface area contributed by atoms with Gasteiger partial charge in [-0.15, -0.1) is 0 Å². The summed E-state index contributed by atoms with van der Waals surface area (Å²) in [6.45, 7) is 0. The molecule has 1 aliphatic heterocycles. The smallest absolute Gasteiger partial charge is 0.369 e. The van der Waals surface area contributed by atoms with Crippen LogP contribution in [0.2, 0.25) is 0 Å². The second-order valence-corrected chi connectivity index (χ2v) is 5.60. The van der Waals surface area contributed by atoms with Gasteiger partial charge in [-0.25, -0.2) is 4.79 Å². The van der Waals surface area contributed by atoms with Gasteiger partial charge in [0.25, 0.3) is 11.8 Å². The molecule has 27 heavy (non-hydrogen) atoms. The summed E-state index contributed by atoms with van der Waals surface area (Å²) < 4.78 is 10.4. The molecule has 1 aromatic heterocycles. The Morgan fingerprint density at radius 1 is 0.963 bits per heavy atom. The number of carbonyl (C=O) groups excluding carboxylic acids is 3. The van der Waals surface area contributed by atoms with Crippen molar-refractivity contribution in [2.75, 3.05) is 7.11 Å². The lowest BCUT2D eigenvalue weighted by atomic mass is 10.1. The minimum Gasteiger partial charge on any atom is -0.496 e. The van der Waals surface area contributed by atoms with Gasteiger partial charge in [0, 0.05) is 0 Å². The molecule has 0 radical (unpaired) electrons. The number of para-hydroxylation sites is 1. The number of hydroxylamine groups is 2. The van der Waals surface area contributed by atoms with Gasteiger partial charge in [-0.2, -0.15) is 0 Å². The maximum Gasteiger partial charge on any atom is 0.369 e. The number of amides is 2. The van der Waals surface area contributed by atoms with Crippen molar-refractivity contribution in [2.45, 2.75) is 0 Å². The van der Waals surface area contributed by atoms with Crippen LogP contribution in [0.25, 0.3) is 11.3 Å². The molecule has 0 spiro atoms. The van der Waals surface area contributed by atoms with Gasteiger partial charge in [0.2, 0.25) is 0 Å². The van der Waals surface area contributed by atoms with E-state index in [0.29, 0.717) is 16.4 Å². The fourth-order valence-electron chi connectivity index (χ4n) is 2.79. The van der Waals surface area contributed by atoms with Crippen molar-refractivity contribution in [3.63, 3.8) is 0 Å². The number of methoxy groups -OCH3 is 1. The lowest BCUT2D eigenvalue weighted by Gasteiger charge is -2.12. The van der Waals surface area contributed by atoms with Gasteiger partial charge in [-0.1, -0.05) is 34.5 Å². The highest BCUT2D eigenvalue weighted by molar-refractivity contribution is 6.21. The van der Waals surface area contributed by atoms with E-state index >= 15 is 0 Å². The molecular weight excluding hydrogens is 352 g/mol. The number of nitrogens with zero attached hydrogens (tertiary/aromatic N) is 2. The quantitative estimate of drug-likeness (QED) is 0.656. The summed E-state index contributed by atoms with van der Waals surface area (Å²) in [6, 6.07) is 13.1. The van der Waals surface area contributed by atoms with Crippen LogP contribution in [-0.2, 0) is 4.84 Å². The summed E-state index contributed by atoms with van der Waals surface area (Å²) >= 11 is 0. The fraction of sp³-hybridized carbons (Fsp3) is 0.0526. The van der Waals surface area contributed by atoms with E-state index in [1.54, 1.807) is 36.4 Å². The molecule has 8 nitrogen and oxygen atoms in total. The van der Waals surface area contributed by atoms with Crippen LogP contribution in [0.1, 0.15) is 31.1 Å². The van der Waals surface area contributed by atoms with Crippen molar-refractivity contribution >= 4 is 17.8 Å². The van der Waals surface area contributed by atoms with Crippen LogP contribution in [0.3, 0.4) is 0 Å². The number of rotatable bonds is 4. The summed E-state index contributed by atoms with van der Waals surface area (Å²) in [7, 11) is 1.48. The van der Waals surface area contributed by atoms with Crippen molar-refractivity contribution in [1.82, 2.24) is 10.2 Å². The SMILES string of the molecule is COc1ccccc1-c1oncc1C(=O)ON1C(=O)c2ccccc2C1=O. The standard InChI is InChI=1S/C19H12N2O6/c1-25-15-9-5-4-8-13(15)16-14(10-20-26-16)19(24)27-21-17(22)11-6-2-3-7-12(11)18(21)23/h2-10H,1H3. The lowest BCUT2D eigenvalue weighted by Crippen LogP contribution is -2.32. The highest BCUT2D eigenvalue weighted by Gasteiger charge is 2.39. The Hall–Kier alpha value is -3.94. The molecule has 2 amide bonds. The first-order valence-electron chi connectivity index (χ1n) is 7.90. The third kappa shape index (κ3) is 2.63. The molecule has 8 heteroatoms. The molecule has 4 rings (SSSR count). The fourth-order valence-corrected chi connectivity index (χ4v) is 2.79. The molecule has 0 aliphatic carbocycles. The monoisotopic (exact) mass is 364 g/mol. The van der Waals surface area contributed by atoms with E-state index in [4.69, 9.17) is 14.1 Å². The largest absolute Gasteiger partial charge is 0.496 e. The molecule has 0 atom stereocenters. The first-order chi connectivity index (χ1) is 13.1. The Morgan fingerprint density at radius 3 is 2.19 bits per heavy atom. The van der Waals surface area contributed by atoms with E-state index in [1.165, 1.54) is 19.2 Å². The Kier molecular flexibility index (Phi) is 3.92. The van der Waals surface area contributed by atoms with Crippen LogP contribution in [0.5, 0.6) is 5.75 Å². The van der Waals surface area contributed by atoms with Gasteiger partial charge in [0.15, 0.2) is 5.76 Å². The van der Waals surface area contributed by atoms with Crippen LogP contribution in [0.15, 0.2) is 59.3 Å². The molecule has 0 saturated heterocycles. The highest BCUT2D eigenvalue weighted by atomic mass is 16.7. The van der Waals surface area contributed by atoms with E-state index in [0.717, 1.165) is 6.20 Å². The Morgan fingerprint density at radius 2 is 1.56 bits per heavy atom. The second-order valence-electron chi connectivity index (χ2n) is 5.60. The number of ether oxygens (including phenoxy) is 1. The minimum absolute atomic E-state index is 0.0453. The van der Waals surface area contributed by atoms with Crippen molar-refractivity contribution in [2.24, 2.45) is 0 Å². The normalized spacial score (nSPS) is 12.9. The first kappa shape index (κ1) is 16.5. The van der Waals surface area contributed by atoms with Crippen molar-refractivity contribution in [3.05, 3.63) is 71.4 Å². The van der Waals surface area contributed by atoms with Gasteiger partial charge in [-0.3, -0.25) is 9.59 Å². The van der Waals surface area contributed by atoms with Gasteiger partial charge >= 0.3 is 5.97 Å². The minimum atomic E-state index is -0.952. The molecule has 0 saturated carbocycles. The molecule has 3 aromatic rings. The Labute approximate surface area is 152 Å². The number of benzene rings is 2. The van der Waals surface area contributed by atoms with Gasteiger partial charge in [-0.05, 0) is 24.3 Å². The topological polar surface area (TPSA) is 98.9 Å². The van der Waals surface area contributed by atoms with E-state index < -0.39 is 17.8 Å². The third-order valence-corrected chi connectivity index (χ3v) is 4.07. The maximum absolute atomic E-state index is 12.6. The third-order valence-electron chi connectivity index (χ3n) is 4.07. The van der Waals surface area contributed by atoms with E-state index in [-0.39, 0.29) is 22.5 Å². The van der Waals surface area contributed by atoms with Crippen LogP contribution in [0, 0.1) is 0 Å². The summed E-state index contributed by atoms with van der Waals surface area (Å²) in [5, 5.41) is 4.06. The summed E-state index contributed by atoms with van der Waals surface area (Å²) in [4.78, 5) is 42.3. The molecule has 2 aromatic carbocycles. The average molecular weight is 364 g/mol. The van der Waals surface area contributed by atoms with Crippen LogP contribution >= 0.6 is 0 Å². The molecule has 1 aliphatic rings.